The van der Waals surface area contributed by atoms with Crippen LogP contribution >= 0.6 is 0 Å². The van der Waals surface area contributed by atoms with Gasteiger partial charge in [-0.15, -0.1) is 10.2 Å². The fourth-order valence-electron chi connectivity index (χ4n) is 3.14. The molecule has 4 rings (SSSR count). The van der Waals surface area contributed by atoms with E-state index in [1.807, 2.05) is 0 Å². The highest BCUT2D eigenvalue weighted by Gasteiger charge is 2.30. The van der Waals surface area contributed by atoms with Gasteiger partial charge in [-0.05, 0) is 42.5 Å². The van der Waals surface area contributed by atoms with Gasteiger partial charge in [0.25, 0.3) is 5.91 Å². The highest BCUT2D eigenvalue weighted by atomic mass is 32.2. The van der Waals surface area contributed by atoms with E-state index in [0.29, 0.717) is 17.0 Å². The Morgan fingerprint density at radius 1 is 1.03 bits per heavy atom. The number of sulfonamides is 1. The number of benzene rings is 2. The second-order valence-corrected chi connectivity index (χ2v) is 8.41. The molecule has 2 aromatic carbocycles. The number of amides is 1. The van der Waals surface area contributed by atoms with Crippen LogP contribution in [0.2, 0.25) is 0 Å². The third-order valence-corrected chi connectivity index (χ3v) is 6.59. The molecule has 0 radical (unpaired) electrons. The van der Waals surface area contributed by atoms with Crippen LogP contribution in [0.25, 0.3) is 11.5 Å². The second-order valence-electron chi connectivity index (χ2n) is 6.47. The molecule has 10 heteroatoms. The predicted octanol–water partition coefficient (Wildman–Crippen LogP) is 2.02. The molecule has 0 aliphatic carbocycles. The van der Waals surface area contributed by atoms with Crippen LogP contribution in [-0.4, -0.2) is 59.9 Å². The summed E-state index contributed by atoms with van der Waals surface area (Å²) in [5.74, 6) is -0.436. The molecule has 1 aliphatic rings. The molecule has 0 spiro atoms. The molecule has 29 heavy (non-hydrogen) atoms. The minimum absolute atomic E-state index is 0.0890. The molecule has 1 aliphatic heterocycles. The van der Waals surface area contributed by atoms with Crippen molar-refractivity contribution in [1.82, 2.24) is 19.4 Å². The second kappa shape index (κ2) is 7.72. The van der Waals surface area contributed by atoms with Gasteiger partial charge in [-0.3, -0.25) is 4.79 Å². The molecule has 0 saturated carbocycles. The zero-order valence-electron chi connectivity index (χ0n) is 15.2. The van der Waals surface area contributed by atoms with Crippen molar-refractivity contribution in [2.75, 3.05) is 26.2 Å². The van der Waals surface area contributed by atoms with Crippen molar-refractivity contribution in [3.63, 3.8) is 0 Å². The van der Waals surface area contributed by atoms with Crippen LogP contribution in [0, 0.1) is 5.82 Å². The zero-order chi connectivity index (χ0) is 20.4. The van der Waals surface area contributed by atoms with Crippen LogP contribution in [-0.2, 0) is 10.0 Å². The molecule has 3 aromatic rings. The molecule has 150 valence electrons. The van der Waals surface area contributed by atoms with Crippen molar-refractivity contribution in [2.24, 2.45) is 0 Å². The number of rotatable bonds is 4. The number of hydrogen-bond donors (Lipinski definition) is 0. The molecule has 1 aromatic heterocycles. The van der Waals surface area contributed by atoms with Gasteiger partial charge in [0.2, 0.25) is 22.3 Å². The standard InChI is InChI=1S/C19H17FN4O4S/c20-16-2-1-3-17(12-16)29(26,27)24-10-8-23(9-11-24)19(25)15-6-4-14(5-7-15)18-22-21-13-28-18/h1-7,12-13H,8-11H2. The fourth-order valence-corrected chi connectivity index (χ4v) is 4.60. The highest BCUT2D eigenvalue weighted by molar-refractivity contribution is 7.89. The summed E-state index contributed by atoms with van der Waals surface area (Å²) in [5.41, 5.74) is 1.18. The Labute approximate surface area is 166 Å². The van der Waals surface area contributed by atoms with E-state index in [1.54, 1.807) is 29.2 Å². The molecule has 1 fully saturated rings. The van der Waals surface area contributed by atoms with Gasteiger partial charge in [-0.1, -0.05) is 6.07 Å². The molecule has 1 saturated heterocycles. The number of carbonyl (C=O) groups excluding carboxylic acids is 1. The van der Waals surface area contributed by atoms with Crippen LogP contribution in [0.15, 0.2) is 64.2 Å². The maximum Gasteiger partial charge on any atom is 0.253 e. The van der Waals surface area contributed by atoms with E-state index in [4.69, 9.17) is 4.42 Å². The van der Waals surface area contributed by atoms with Crippen molar-refractivity contribution in [3.8, 4) is 11.5 Å². The summed E-state index contributed by atoms with van der Waals surface area (Å²) >= 11 is 0. The fraction of sp³-hybridized carbons (Fsp3) is 0.211. The Kier molecular flexibility index (Phi) is 5.12. The Bertz CT molecular complexity index is 1110. The van der Waals surface area contributed by atoms with Gasteiger partial charge in [0.15, 0.2) is 0 Å². The minimum Gasteiger partial charge on any atom is -0.423 e. The number of hydrogen-bond acceptors (Lipinski definition) is 6. The third-order valence-electron chi connectivity index (χ3n) is 4.70. The van der Waals surface area contributed by atoms with Crippen LogP contribution in [0.1, 0.15) is 10.4 Å². The van der Waals surface area contributed by atoms with E-state index in [0.717, 1.165) is 6.07 Å². The lowest BCUT2D eigenvalue weighted by Gasteiger charge is -2.34. The lowest BCUT2D eigenvalue weighted by atomic mass is 10.1. The van der Waals surface area contributed by atoms with Gasteiger partial charge in [-0.2, -0.15) is 4.31 Å². The smallest absolute Gasteiger partial charge is 0.253 e. The summed E-state index contributed by atoms with van der Waals surface area (Å²) in [6.07, 6.45) is 1.23. The number of piperazine rings is 1. The molecule has 0 unspecified atom stereocenters. The quantitative estimate of drug-likeness (QED) is 0.646. The lowest BCUT2D eigenvalue weighted by Crippen LogP contribution is -2.50. The van der Waals surface area contributed by atoms with E-state index >= 15 is 0 Å². The lowest BCUT2D eigenvalue weighted by molar-refractivity contribution is 0.0698. The summed E-state index contributed by atoms with van der Waals surface area (Å²) in [6, 6.07) is 11.7. The molecule has 1 amide bonds. The van der Waals surface area contributed by atoms with Gasteiger partial charge >= 0.3 is 0 Å². The molecule has 0 atom stereocenters. The van der Waals surface area contributed by atoms with E-state index in [2.05, 4.69) is 10.2 Å². The number of aromatic nitrogens is 2. The average Bonchev–Trinajstić information content (AvgIpc) is 3.28. The summed E-state index contributed by atoms with van der Waals surface area (Å²) in [5, 5.41) is 7.43. The first-order valence-electron chi connectivity index (χ1n) is 8.87. The number of carbonyl (C=O) groups is 1. The molecule has 0 bridgehead atoms. The summed E-state index contributed by atoms with van der Waals surface area (Å²) < 4.78 is 45.1. The monoisotopic (exact) mass is 416 g/mol. The molecule has 0 N–H and O–H groups in total. The molecule has 2 heterocycles. The zero-order valence-corrected chi connectivity index (χ0v) is 16.0. The van der Waals surface area contributed by atoms with Crippen molar-refractivity contribution >= 4 is 15.9 Å². The number of nitrogens with zero attached hydrogens (tertiary/aromatic N) is 4. The Hall–Kier alpha value is -3.11. The van der Waals surface area contributed by atoms with E-state index in [-0.39, 0.29) is 37.0 Å². The third kappa shape index (κ3) is 3.89. The van der Waals surface area contributed by atoms with Crippen LogP contribution < -0.4 is 0 Å². The first-order valence-corrected chi connectivity index (χ1v) is 10.3. The molecule has 8 nitrogen and oxygen atoms in total. The Morgan fingerprint density at radius 2 is 1.76 bits per heavy atom. The van der Waals surface area contributed by atoms with Crippen molar-refractivity contribution in [3.05, 3.63) is 66.3 Å². The number of halogens is 1. The topological polar surface area (TPSA) is 96.6 Å². The molecular formula is C19H17FN4O4S. The van der Waals surface area contributed by atoms with Gasteiger partial charge in [0.05, 0.1) is 4.90 Å². The van der Waals surface area contributed by atoms with E-state index in [1.165, 1.54) is 28.9 Å². The average molecular weight is 416 g/mol. The SMILES string of the molecule is O=C(c1ccc(-c2nnco2)cc1)N1CCN(S(=O)(=O)c2cccc(F)c2)CC1. The van der Waals surface area contributed by atoms with Crippen LogP contribution in [0.4, 0.5) is 4.39 Å². The van der Waals surface area contributed by atoms with E-state index in [9.17, 15) is 17.6 Å². The van der Waals surface area contributed by atoms with Gasteiger partial charge < -0.3 is 9.32 Å². The summed E-state index contributed by atoms with van der Waals surface area (Å²) in [7, 11) is -3.80. The summed E-state index contributed by atoms with van der Waals surface area (Å²) in [4.78, 5) is 14.2. The first kappa shape index (κ1) is 19.2. The van der Waals surface area contributed by atoms with Crippen molar-refractivity contribution in [2.45, 2.75) is 4.90 Å². The Morgan fingerprint density at radius 3 is 2.38 bits per heavy atom. The summed E-state index contributed by atoms with van der Waals surface area (Å²) in [6.45, 7) is 0.785. The van der Waals surface area contributed by atoms with Crippen LogP contribution in [0.3, 0.4) is 0 Å². The Balaban J connectivity index is 1.42. The first-order chi connectivity index (χ1) is 13.9. The largest absolute Gasteiger partial charge is 0.423 e. The molecular weight excluding hydrogens is 399 g/mol. The maximum atomic E-state index is 13.4. The highest BCUT2D eigenvalue weighted by Crippen LogP contribution is 2.21. The van der Waals surface area contributed by atoms with Crippen molar-refractivity contribution in [1.29, 1.82) is 0 Å². The van der Waals surface area contributed by atoms with Gasteiger partial charge in [0.1, 0.15) is 5.82 Å². The van der Waals surface area contributed by atoms with E-state index < -0.39 is 15.8 Å². The van der Waals surface area contributed by atoms with Crippen molar-refractivity contribution < 1.29 is 22.0 Å². The normalized spacial score (nSPS) is 15.4. The van der Waals surface area contributed by atoms with Crippen LogP contribution in [0.5, 0.6) is 0 Å². The minimum atomic E-state index is -3.80. The van der Waals surface area contributed by atoms with Gasteiger partial charge in [-0.25, -0.2) is 12.8 Å². The van der Waals surface area contributed by atoms with Gasteiger partial charge in [0, 0.05) is 37.3 Å². The predicted molar refractivity (Wildman–Crippen MR) is 101 cm³/mol. The maximum absolute atomic E-state index is 13.4.